The molecule has 0 aliphatic carbocycles. The number of rotatable bonds is 2. The van der Waals surface area contributed by atoms with Gasteiger partial charge in [0.2, 0.25) is 6.79 Å². The van der Waals surface area contributed by atoms with Gasteiger partial charge >= 0.3 is 0 Å². The lowest BCUT2D eigenvalue weighted by Gasteiger charge is -2.07. The average Bonchev–Trinajstić information content (AvgIpc) is 3.17. The predicted molar refractivity (Wildman–Crippen MR) is 88.5 cm³/mol. The molecule has 122 valence electrons. The molecule has 0 saturated heterocycles. The van der Waals surface area contributed by atoms with Crippen LogP contribution in [0.3, 0.4) is 0 Å². The summed E-state index contributed by atoms with van der Waals surface area (Å²) in [5.74, 6) is 0.432. The number of halogens is 1. The Bertz CT molecular complexity index is 984. The van der Waals surface area contributed by atoms with Gasteiger partial charge in [-0.1, -0.05) is 17.8 Å². The molecule has 3 aromatic rings. The number of nitrogens with zero attached hydrogens (tertiary/aromatic N) is 2. The summed E-state index contributed by atoms with van der Waals surface area (Å²) in [6.07, 6.45) is 1.83. The molecule has 0 N–H and O–H groups in total. The standard InChI is InChI=1S/C17H13FN2O3S/c1-9-3-4-10(5-11(9)18)16(21)20-13-7-15-14(22-8-23-15)6-12(13)19-17(20)24-2/h3-7H,8H2,1-2H3. The van der Waals surface area contributed by atoms with Gasteiger partial charge in [0, 0.05) is 17.7 Å². The van der Waals surface area contributed by atoms with E-state index in [-0.39, 0.29) is 18.3 Å². The Morgan fingerprint density at radius 1 is 1.25 bits per heavy atom. The van der Waals surface area contributed by atoms with Gasteiger partial charge < -0.3 is 9.47 Å². The lowest BCUT2D eigenvalue weighted by Crippen LogP contribution is -2.13. The summed E-state index contributed by atoms with van der Waals surface area (Å²) < 4.78 is 26.1. The van der Waals surface area contributed by atoms with Crippen molar-refractivity contribution in [3.05, 3.63) is 47.3 Å². The predicted octanol–water partition coefficient (Wildman–Crippen LogP) is 3.62. The smallest absolute Gasteiger partial charge is 0.264 e. The molecule has 2 heterocycles. The first kappa shape index (κ1) is 15.0. The minimum Gasteiger partial charge on any atom is -0.454 e. The van der Waals surface area contributed by atoms with Crippen molar-refractivity contribution < 1.29 is 18.7 Å². The molecule has 0 saturated carbocycles. The second-order valence-electron chi connectivity index (χ2n) is 5.40. The minimum atomic E-state index is -0.409. The van der Waals surface area contributed by atoms with Crippen LogP contribution in [0.25, 0.3) is 11.0 Å². The number of imidazole rings is 1. The maximum absolute atomic E-state index is 13.8. The van der Waals surface area contributed by atoms with E-state index in [1.807, 2.05) is 6.26 Å². The molecular formula is C17H13FN2O3S. The Hall–Kier alpha value is -2.54. The first-order valence-corrected chi connectivity index (χ1v) is 8.48. The molecule has 0 spiro atoms. The third-order valence-electron chi connectivity index (χ3n) is 3.92. The van der Waals surface area contributed by atoms with Crippen molar-refractivity contribution in [2.75, 3.05) is 13.0 Å². The number of thioether (sulfide) groups is 1. The van der Waals surface area contributed by atoms with Crippen molar-refractivity contribution in [3.8, 4) is 11.5 Å². The molecule has 0 fully saturated rings. The lowest BCUT2D eigenvalue weighted by molar-refractivity contribution is 0.0954. The molecule has 1 aliphatic heterocycles. The van der Waals surface area contributed by atoms with Crippen LogP contribution in [0.4, 0.5) is 4.39 Å². The van der Waals surface area contributed by atoms with Crippen molar-refractivity contribution in [3.63, 3.8) is 0 Å². The first-order chi connectivity index (χ1) is 11.6. The van der Waals surface area contributed by atoms with Gasteiger partial charge in [-0.3, -0.25) is 9.36 Å². The Labute approximate surface area is 141 Å². The average molecular weight is 344 g/mol. The molecule has 0 atom stereocenters. The van der Waals surface area contributed by atoms with E-state index in [1.165, 1.54) is 22.4 Å². The molecular weight excluding hydrogens is 331 g/mol. The third kappa shape index (κ3) is 2.24. The van der Waals surface area contributed by atoms with Gasteiger partial charge in [-0.05, 0) is 30.9 Å². The van der Waals surface area contributed by atoms with Gasteiger partial charge in [0.15, 0.2) is 16.7 Å². The fraction of sp³-hybridized carbons (Fsp3) is 0.176. The maximum atomic E-state index is 13.8. The second-order valence-corrected chi connectivity index (χ2v) is 6.17. The Kier molecular flexibility index (Phi) is 3.45. The van der Waals surface area contributed by atoms with Crippen LogP contribution < -0.4 is 9.47 Å². The fourth-order valence-electron chi connectivity index (χ4n) is 2.63. The van der Waals surface area contributed by atoms with Gasteiger partial charge in [-0.25, -0.2) is 9.37 Å². The zero-order valence-corrected chi connectivity index (χ0v) is 13.8. The quantitative estimate of drug-likeness (QED) is 0.665. The van der Waals surface area contributed by atoms with E-state index in [0.717, 1.165) is 0 Å². The van der Waals surface area contributed by atoms with Crippen molar-refractivity contribution >= 4 is 28.7 Å². The highest BCUT2D eigenvalue weighted by atomic mass is 32.2. The monoisotopic (exact) mass is 344 g/mol. The van der Waals surface area contributed by atoms with E-state index in [2.05, 4.69) is 4.98 Å². The van der Waals surface area contributed by atoms with Gasteiger partial charge in [-0.15, -0.1) is 0 Å². The summed E-state index contributed by atoms with van der Waals surface area (Å²) in [4.78, 5) is 17.4. The van der Waals surface area contributed by atoms with Crippen LogP contribution in [0, 0.1) is 12.7 Å². The lowest BCUT2D eigenvalue weighted by atomic mass is 10.1. The summed E-state index contributed by atoms with van der Waals surface area (Å²) in [5.41, 5.74) is 2.00. The molecule has 1 aliphatic rings. The Balaban J connectivity index is 1.91. The molecule has 0 radical (unpaired) electrons. The first-order valence-electron chi connectivity index (χ1n) is 7.25. The van der Waals surface area contributed by atoms with Crippen LogP contribution in [0.2, 0.25) is 0 Å². The number of carbonyl (C=O) groups excluding carboxylic acids is 1. The van der Waals surface area contributed by atoms with Crippen molar-refractivity contribution in [2.24, 2.45) is 0 Å². The van der Waals surface area contributed by atoms with Crippen molar-refractivity contribution in [1.29, 1.82) is 0 Å². The highest BCUT2D eigenvalue weighted by molar-refractivity contribution is 7.98. The molecule has 2 aromatic carbocycles. The summed E-state index contributed by atoms with van der Waals surface area (Å²) in [6, 6.07) is 7.93. The number of benzene rings is 2. The van der Waals surface area contributed by atoms with E-state index >= 15 is 0 Å². The molecule has 0 amide bonds. The number of hydrogen-bond donors (Lipinski definition) is 0. The fourth-order valence-corrected chi connectivity index (χ4v) is 3.19. The van der Waals surface area contributed by atoms with Gasteiger partial charge in [0.1, 0.15) is 5.82 Å². The molecule has 7 heteroatoms. The summed E-state index contributed by atoms with van der Waals surface area (Å²) in [5, 5.41) is 0.527. The Morgan fingerprint density at radius 3 is 2.71 bits per heavy atom. The number of hydrogen-bond acceptors (Lipinski definition) is 5. The number of aryl methyl sites for hydroxylation is 1. The zero-order chi connectivity index (χ0) is 16.8. The van der Waals surface area contributed by atoms with Gasteiger partial charge in [0.25, 0.3) is 5.91 Å². The SMILES string of the molecule is CSc1nc2cc3c(cc2n1C(=O)c1ccc(C)c(F)c1)OCO3. The van der Waals surface area contributed by atoms with E-state index < -0.39 is 5.82 Å². The molecule has 0 bridgehead atoms. The number of carbonyl (C=O) groups is 1. The van der Waals surface area contributed by atoms with Crippen LogP contribution in [0.15, 0.2) is 35.5 Å². The van der Waals surface area contributed by atoms with E-state index in [0.29, 0.717) is 33.3 Å². The Morgan fingerprint density at radius 2 is 2.00 bits per heavy atom. The van der Waals surface area contributed by atoms with E-state index in [9.17, 15) is 9.18 Å². The van der Waals surface area contributed by atoms with Crippen LogP contribution in [0.5, 0.6) is 11.5 Å². The van der Waals surface area contributed by atoms with Crippen LogP contribution in [-0.4, -0.2) is 28.5 Å². The largest absolute Gasteiger partial charge is 0.454 e. The minimum absolute atomic E-state index is 0.147. The highest BCUT2D eigenvalue weighted by Crippen LogP contribution is 2.37. The molecule has 4 rings (SSSR count). The number of fused-ring (bicyclic) bond motifs is 2. The van der Waals surface area contributed by atoms with Crippen LogP contribution in [0.1, 0.15) is 15.9 Å². The molecule has 5 nitrogen and oxygen atoms in total. The summed E-state index contributed by atoms with van der Waals surface area (Å²) in [6.45, 7) is 1.80. The van der Waals surface area contributed by atoms with Gasteiger partial charge in [-0.2, -0.15) is 0 Å². The summed E-state index contributed by atoms with van der Waals surface area (Å²) in [7, 11) is 0. The van der Waals surface area contributed by atoms with Crippen molar-refractivity contribution in [2.45, 2.75) is 12.1 Å². The zero-order valence-electron chi connectivity index (χ0n) is 13.0. The normalized spacial score (nSPS) is 12.8. The van der Waals surface area contributed by atoms with Gasteiger partial charge in [0.05, 0.1) is 11.0 Å². The molecule has 1 aromatic heterocycles. The summed E-state index contributed by atoms with van der Waals surface area (Å²) >= 11 is 1.34. The topological polar surface area (TPSA) is 53.4 Å². The van der Waals surface area contributed by atoms with E-state index in [1.54, 1.807) is 31.2 Å². The van der Waals surface area contributed by atoms with E-state index in [4.69, 9.17) is 9.47 Å². The van der Waals surface area contributed by atoms with Crippen LogP contribution >= 0.6 is 11.8 Å². The van der Waals surface area contributed by atoms with Crippen LogP contribution in [-0.2, 0) is 0 Å². The number of aromatic nitrogens is 2. The maximum Gasteiger partial charge on any atom is 0.264 e. The molecule has 0 unspecified atom stereocenters. The van der Waals surface area contributed by atoms with Crippen molar-refractivity contribution in [1.82, 2.24) is 9.55 Å². The number of ether oxygens (including phenoxy) is 2. The molecule has 24 heavy (non-hydrogen) atoms. The highest BCUT2D eigenvalue weighted by Gasteiger charge is 2.23. The second kappa shape index (κ2) is 5.52. The third-order valence-corrected chi connectivity index (χ3v) is 4.56.